The van der Waals surface area contributed by atoms with Crippen LogP contribution in [0.15, 0.2) is 48.8 Å². The number of rotatable bonds is 7. The molecule has 1 aliphatic carbocycles. The number of amides is 2. The summed E-state index contributed by atoms with van der Waals surface area (Å²) in [4.78, 5) is 34.3. The summed E-state index contributed by atoms with van der Waals surface area (Å²) >= 11 is 5.95. The lowest BCUT2D eigenvalue weighted by Gasteiger charge is -2.31. The number of primary amides is 1. The predicted octanol–water partition coefficient (Wildman–Crippen LogP) is 4.77. The van der Waals surface area contributed by atoms with Crippen LogP contribution >= 0.6 is 11.6 Å². The molecule has 230 valence electrons. The second-order valence-corrected chi connectivity index (χ2v) is 11.8. The maximum Gasteiger partial charge on any atom is 0.424 e. The van der Waals surface area contributed by atoms with Gasteiger partial charge in [0.1, 0.15) is 34.4 Å². The van der Waals surface area contributed by atoms with Crippen molar-refractivity contribution in [1.82, 2.24) is 19.7 Å². The number of aliphatic hydroxyl groups is 1. The number of carbonyl (C=O) groups is 2. The highest BCUT2D eigenvalue weighted by Crippen LogP contribution is 2.50. The summed E-state index contributed by atoms with van der Waals surface area (Å²) in [5.41, 5.74) is 0.628. The quantitative estimate of drug-likeness (QED) is 0.252. The number of nitrogens with two attached hydrogens (primary N) is 1. The molecule has 14 heteroatoms. The number of alkyl halides is 3. The van der Waals surface area contributed by atoms with E-state index >= 15 is 0 Å². The van der Waals surface area contributed by atoms with Gasteiger partial charge in [0.15, 0.2) is 0 Å². The SMILES string of the molecule is CC1Oc2c(cc(C(O)(CNC(=O)c3ccc4nc(C5CC5)cn4c3)C(F)(F)F)nc2-c2ccc(F)c(Cl)c2)[C@@]1(C)C(N)=O. The van der Waals surface area contributed by atoms with Gasteiger partial charge in [-0.15, -0.1) is 0 Å². The largest absolute Gasteiger partial charge is 0.487 e. The van der Waals surface area contributed by atoms with Gasteiger partial charge >= 0.3 is 6.18 Å². The van der Waals surface area contributed by atoms with Gasteiger partial charge < -0.3 is 25.3 Å². The molecular formula is C30H26ClF4N5O4. The standard InChI is InChI=1S/C30H26ClF4N5O4/c1-14-28(2,27(36)42)18-10-22(39-24(25(18)44-14)16-5-7-20(32)19(31)9-16)29(43,30(33,34)35)13-37-26(41)17-6-8-23-38-21(15-3-4-15)12-40(23)11-17/h5-12,14-15,43H,3-4,13H2,1-2H3,(H2,36,42)(H,37,41)/t14?,28-,29?/m0/s1. The first-order valence-electron chi connectivity index (χ1n) is 13.7. The highest BCUT2D eigenvalue weighted by Gasteiger charge is 2.58. The van der Waals surface area contributed by atoms with Crippen molar-refractivity contribution in [3.8, 4) is 17.0 Å². The molecule has 4 aromatic rings. The molecule has 1 aromatic carbocycles. The minimum absolute atomic E-state index is 0.0360. The van der Waals surface area contributed by atoms with E-state index in [4.69, 9.17) is 22.1 Å². The fraction of sp³-hybridized carbons (Fsp3) is 0.333. The summed E-state index contributed by atoms with van der Waals surface area (Å²) in [6.07, 6.45) is -1.05. The number of imidazole rings is 1. The summed E-state index contributed by atoms with van der Waals surface area (Å²) in [7, 11) is 0. The fourth-order valence-electron chi connectivity index (χ4n) is 5.30. The van der Waals surface area contributed by atoms with Crippen LogP contribution in [0.2, 0.25) is 5.02 Å². The van der Waals surface area contributed by atoms with E-state index in [1.165, 1.54) is 32.2 Å². The summed E-state index contributed by atoms with van der Waals surface area (Å²) in [5, 5.41) is 13.1. The molecule has 4 heterocycles. The molecule has 0 bridgehead atoms. The number of pyridine rings is 2. The minimum Gasteiger partial charge on any atom is -0.487 e. The molecule has 1 fully saturated rings. The van der Waals surface area contributed by atoms with E-state index in [-0.39, 0.29) is 33.2 Å². The zero-order valence-electron chi connectivity index (χ0n) is 23.4. The van der Waals surface area contributed by atoms with Crippen molar-refractivity contribution < 1.29 is 37.0 Å². The summed E-state index contributed by atoms with van der Waals surface area (Å²) in [6, 6.07) is 7.23. The normalized spacial score (nSPS) is 21.0. The van der Waals surface area contributed by atoms with Crippen molar-refractivity contribution in [1.29, 1.82) is 0 Å². The van der Waals surface area contributed by atoms with Crippen LogP contribution in [-0.2, 0) is 15.8 Å². The van der Waals surface area contributed by atoms with Gasteiger partial charge in [-0.05, 0) is 63.1 Å². The predicted molar refractivity (Wildman–Crippen MR) is 151 cm³/mol. The number of benzene rings is 1. The Labute approximate surface area is 253 Å². The van der Waals surface area contributed by atoms with Gasteiger partial charge in [-0.3, -0.25) is 9.59 Å². The highest BCUT2D eigenvalue weighted by atomic mass is 35.5. The summed E-state index contributed by atoms with van der Waals surface area (Å²) in [6.45, 7) is 1.57. The van der Waals surface area contributed by atoms with Gasteiger partial charge in [-0.1, -0.05) is 11.6 Å². The van der Waals surface area contributed by atoms with Crippen LogP contribution in [0.4, 0.5) is 17.6 Å². The lowest BCUT2D eigenvalue weighted by molar-refractivity contribution is -0.265. The molecular weight excluding hydrogens is 606 g/mol. The van der Waals surface area contributed by atoms with Crippen LogP contribution < -0.4 is 15.8 Å². The average molecular weight is 632 g/mol. The maximum absolute atomic E-state index is 14.7. The molecule has 6 rings (SSSR count). The first-order valence-corrected chi connectivity index (χ1v) is 14.0. The lowest BCUT2D eigenvalue weighted by atomic mass is 9.77. The fourth-order valence-corrected chi connectivity index (χ4v) is 5.48. The molecule has 2 unspecified atom stereocenters. The Morgan fingerprint density at radius 1 is 1.18 bits per heavy atom. The lowest BCUT2D eigenvalue weighted by Crippen LogP contribution is -2.52. The number of carbonyl (C=O) groups excluding carboxylic acids is 2. The summed E-state index contributed by atoms with van der Waals surface area (Å²) < 4.78 is 65.6. The van der Waals surface area contributed by atoms with E-state index in [1.54, 1.807) is 16.7 Å². The third-order valence-electron chi connectivity index (χ3n) is 8.47. The van der Waals surface area contributed by atoms with E-state index in [2.05, 4.69) is 15.3 Å². The number of aromatic nitrogens is 3. The van der Waals surface area contributed by atoms with Gasteiger partial charge in [-0.25, -0.2) is 14.4 Å². The topological polar surface area (TPSA) is 132 Å². The van der Waals surface area contributed by atoms with Crippen LogP contribution in [0.25, 0.3) is 16.9 Å². The van der Waals surface area contributed by atoms with Crippen molar-refractivity contribution in [2.75, 3.05) is 6.54 Å². The van der Waals surface area contributed by atoms with Crippen LogP contribution in [0.5, 0.6) is 5.75 Å². The number of halogens is 5. The molecule has 3 atom stereocenters. The van der Waals surface area contributed by atoms with Crippen molar-refractivity contribution in [3.63, 3.8) is 0 Å². The average Bonchev–Trinajstić information content (AvgIpc) is 3.68. The monoisotopic (exact) mass is 631 g/mol. The highest BCUT2D eigenvalue weighted by molar-refractivity contribution is 6.31. The van der Waals surface area contributed by atoms with Crippen molar-refractivity contribution in [3.05, 3.63) is 82.1 Å². The van der Waals surface area contributed by atoms with E-state index < -0.39 is 53.2 Å². The Morgan fingerprint density at radius 3 is 2.55 bits per heavy atom. The van der Waals surface area contributed by atoms with Gasteiger partial charge in [0, 0.05) is 29.4 Å². The molecule has 2 aliphatic rings. The second kappa shape index (κ2) is 10.2. The Bertz CT molecular complexity index is 1840. The van der Waals surface area contributed by atoms with Crippen LogP contribution in [0, 0.1) is 5.82 Å². The van der Waals surface area contributed by atoms with E-state index in [0.29, 0.717) is 11.6 Å². The van der Waals surface area contributed by atoms with Crippen molar-refractivity contribution in [2.24, 2.45) is 5.73 Å². The second-order valence-electron chi connectivity index (χ2n) is 11.4. The number of hydrogen-bond acceptors (Lipinski definition) is 6. The zero-order chi connectivity index (χ0) is 31.8. The van der Waals surface area contributed by atoms with E-state index in [9.17, 15) is 32.3 Å². The van der Waals surface area contributed by atoms with Gasteiger partial charge in [0.05, 0.1) is 28.5 Å². The molecule has 0 spiro atoms. The molecule has 1 aliphatic heterocycles. The number of nitrogens with one attached hydrogen (secondary N) is 1. The van der Waals surface area contributed by atoms with Crippen molar-refractivity contribution >= 4 is 29.1 Å². The number of nitrogens with zero attached hydrogens (tertiary/aromatic N) is 3. The number of fused-ring (bicyclic) bond motifs is 2. The smallest absolute Gasteiger partial charge is 0.424 e. The molecule has 0 radical (unpaired) electrons. The molecule has 9 nitrogen and oxygen atoms in total. The number of hydrogen-bond donors (Lipinski definition) is 3. The van der Waals surface area contributed by atoms with Crippen molar-refractivity contribution in [2.45, 2.75) is 55.9 Å². The van der Waals surface area contributed by atoms with Gasteiger partial charge in [0.25, 0.3) is 5.91 Å². The molecule has 44 heavy (non-hydrogen) atoms. The molecule has 0 saturated heterocycles. The summed E-state index contributed by atoms with van der Waals surface area (Å²) in [5.74, 6) is -2.28. The van der Waals surface area contributed by atoms with E-state index in [0.717, 1.165) is 36.7 Å². The Balaban J connectivity index is 1.41. The molecule has 3 aromatic heterocycles. The molecule has 4 N–H and O–H groups in total. The zero-order valence-corrected chi connectivity index (χ0v) is 24.1. The van der Waals surface area contributed by atoms with Crippen LogP contribution in [0.3, 0.4) is 0 Å². The third kappa shape index (κ3) is 4.74. The Hall–Kier alpha value is -4.23. The Kier molecular flexibility index (Phi) is 6.89. The maximum atomic E-state index is 14.7. The molecule has 2 amide bonds. The molecule has 1 saturated carbocycles. The van der Waals surface area contributed by atoms with Crippen LogP contribution in [-0.4, -0.2) is 50.1 Å². The minimum atomic E-state index is -5.36. The number of ether oxygens (including phenoxy) is 1. The first-order chi connectivity index (χ1) is 20.6. The Morgan fingerprint density at radius 2 is 1.91 bits per heavy atom. The van der Waals surface area contributed by atoms with Gasteiger partial charge in [-0.2, -0.15) is 13.2 Å². The van der Waals surface area contributed by atoms with E-state index in [1.807, 2.05) is 0 Å². The van der Waals surface area contributed by atoms with Gasteiger partial charge in [0.2, 0.25) is 11.5 Å². The third-order valence-corrected chi connectivity index (χ3v) is 8.76. The first kappa shape index (κ1) is 29.8. The van der Waals surface area contributed by atoms with Crippen LogP contribution in [0.1, 0.15) is 59.9 Å².